The van der Waals surface area contributed by atoms with Gasteiger partial charge < -0.3 is 5.32 Å². The number of nitrogens with one attached hydrogen (secondary N) is 1. The van der Waals surface area contributed by atoms with Gasteiger partial charge >= 0.3 is 0 Å². The van der Waals surface area contributed by atoms with Gasteiger partial charge in [0.05, 0.1) is 6.04 Å². The van der Waals surface area contributed by atoms with Gasteiger partial charge in [-0.25, -0.2) is 0 Å². The number of hydrogen-bond donors (Lipinski definition) is 1. The summed E-state index contributed by atoms with van der Waals surface area (Å²) in [7, 11) is 0. The highest BCUT2D eigenvalue weighted by Gasteiger charge is 2.18. The van der Waals surface area contributed by atoms with Crippen LogP contribution < -0.4 is 5.32 Å². The normalized spacial score (nSPS) is 17.7. The van der Waals surface area contributed by atoms with Gasteiger partial charge in [-0.3, -0.25) is 0 Å². The van der Waals surface area contributed by atoms with E-state index in [0.717, 1.165) is 0 Å². The number of rotatable bonds is 3. The zero-order valence-corrected chi connectivity index (χ0v) is 13.5. The molecular formula is C21H23N. The van der Waals surface area contributed by atoms with E-state index in [9.17, 15) is 0 Å². The summed E-state index contributed by atoms with van der Waals surface area (Å²) >= 11 is 0. The Morgan fingerprint density at radius 1 is 0.909 bits per heavy atom. The molecule has 0 radical (unpaired) electrons. The van der Waals surface area contributed by atoms with Gasteiger partial charge in [-0.15, -0.1) is 0 Å². The summed E-state index contributed by atoms with van der Waals surface area (Å²) in [5.41, 5.74) is 6.66. The van der Waals surface area contributed by atoms with Crippen LogP contribution in [0.3, 0.4) is 0 Å². The molecule has 1 N–H and O–H groups in total. The summed E-state index contributed by atoms with van der Waals surface area (Å²) in [4.78, 5) is 0. The fourth-order valence-corrected chi connectivity index (χ4v) is 3.10. The summed E-state index contributed by atoms with van der Waals surface area (Å²) in [5.74, 6) is 0.534. The predicted molar refractivity (Wildman–Crippen MR) is 94.6 cm³/mol. The topological polar surface area (TPSA) is 12.0 Å². The van der Waals surface area contributed by atoms with Crippen molar-refractivity contribution in [1.82, 2.24) is 5.32 Å². The molecule has 2 aromatic rings. The lowest BCUT2D eigenvalue weighted by Gasteiger charge is -2.25. The molecule has 0 saturated heterocycles. The summed E-state index contributed by atoms with van der Waals surface area (Å²) < 4.78 is 0. The zero-order valence-electron chi connectivity index (χ0n) is 13.5. The third-order valence-corrected chi connectivity index (χ3v) is 4.29. The minimum Gasteiger partial charge on any atom is -0.380 e. The van der Waals surface area contributed by atoms with E-state index in [2.05, 4.69) is 93.0 Å². The van der Waals surface area contributed by atoms with Crippen LogP contribution in [0.5, 0.6) is 0 Å². The number of dihydropyridines is 1. The Morgan fingerprint density at radius 2 is 1.59 bits per heavy atom. The van der Waals surface area contributed by atoms with Crippen LogP contribution in [0.15, 0.2) is 72.4 Å². The van der Waals surface area contributed by atoms with Gasteiger partial charge in [0, 0.05) is 11.8 Å². The average molecular weight is 289 g/mol. The first kappa shape index (κ1) is 14.6. The lowest BCUT2D eigenvalue weighted by atomic mass is 9.88. The number of allylic oxidation sites excluding steroid dienone is 2. The Labute approximate surface area is 133 Å². The van der Waals surface area contributed by atoms with Crippen LogP contribution in [0, 0.1) is 0 Å². The van der Waals surface area contributed by atoms with E-state index in [0.29, 0.717) is 5.92 Å². The van der Waals surface area contributed by atoms with Crippen molar-refractivity contribution in [2.45, 2.75) is 32.7 Å². The molecule has 1 aliphatic heterocycles. The van der Waals surface area contributed by atoms with Crippen molar-refractivity contribution in [2.75, 3.05) is 0 Å². The minimum absolute atomic E-state index is 0.256. The molecule has 1 heterocycles. The first-order valence-electron chi connectivity index (χ1n) is 7.96. The molecule has 0 bridgehead atoms. The number of hydrogen-bond acceptors (Lipinski definition) is 1. The quantitative estimate of drug-likeness (QED) is 0.793. The standard InChI is InChI=1S/C21H23N/c1-15(2)18-11-7-8-12-19(18)21-13-16(3)20(14-22-21)17-9-5-4-6-10-17/h4-15,21-22H,1-3H3. The maximum atomic E-state index is 3.57. The highest BCUT2D eigenvalue weighted by molar-refractivity contribution is 5.79. The van der Waals surface area contributed by atoms with Crippen LogP contribution in [-0.2, 0) is 0 Å². The Morgan fingerprint density at radius 3 is 2.27 bits per heavy atom. The fraction of sp³-hybridized carbons (Fsp3) is 0.238. The van der Waals surface area contributed by atoms with E-state index in [1.807, 2.05) is 0 Å². The highest BCUT2D eigenvalue weighted by atomic mass is 14.9. The van der Waals surface area contributed by atoms with Crippen LogP contribution in [0.25, 0.3) is 5.57 Å². The summed E-state index contributed by atoms with van der Waals surface area (Å²) in [6, 6.07) is 19.5. The monoisotopic (exact) mass is 289 g/mol. The Hall–Kier alpha value is -2.28. The van der Waals surface area contributed by atoms with Crippen molar-refractivity contribution < 1.29 is 0 Å². The van der Waals surface area contributed by atoms with Gasteiger partial charge in [-0.05, 0) is 35.1 Å². The van der Waals surface area contributed by atoms with Gasteiger partial charge in [0.25, 0.3) is 0 Å². The second-order valence-electron chi connectivity index (χ2n) is 6.20. The molecule has 22 heavy (non-hydrogen) atoms. The summed E-state index contributed by atoms with van der Waals surface area (Å²) in [5, 5.41) is 3.57. The van der Waals surface area contributed by atoms with Crippen molar-refractivity contribution in [1.29, 1.82) is 0 Å². The molecule has 1 atom stereocenters. The molecule has 1 aliphatic rings. The van der Waals surface area contributed by atoms with E-state index in [1.165, 1.54) is 27.8 Å². The molecule has 1 unspecified atom stereocenters. The second-order valence-corrected chi connectivity index (χ2v) is 6.20. The molecule has 0 fully saturated rings. The van der Waals surface area contributed by atoms with E-state index >= 15 is 0 Å². The Kier molecular flexibility index (Phi) is 4.15. The largest absolute Gasteiger partial charge is 0.380 e. The van der Waals surface area contributed by atoms with Crippen molar-refractivity contribution in [3.05, 3.63) is 89.1 Å². The SMILES string of the molecule is CC1=CC(c2ccccc2C(C)C)NC=C1c1ccccc1. The van der Waals surface area contributed by atoms with Gasteiger partial charge in [-0.2, -0.15) is 0 Å². The predicted octanol–water partition coefficient (Wildman–Crippen LogP) is 5.44. The van der Waals surface area contributed by atoms with Crippen LogP contribution in [0.4, 0.5) is 0 Å². The molecule has 3 rings (SSSR count). The van der Waals surface area contributed by atoms with E-state index < -0.39 is 0 Å². The molecule has 0 saturated carbocycles. The third-order valence-electron chi connectivity index (χ3n) is 4.29. The van der Waals surface area contributed by atoms with Gasteiger partial charge in [-0.1, -0.05) is 74.5 Å². The van der Waals surface area contributed by atoms with Gasteiger partial charge in [0.2, 0.25) is 0 Å². The van der Waals surface area contributed by atoms with Crippen LogP contribution in [0.2, 0.25) is 0 Å². The minimum atomic E-state index is 0.256. The second kappa shape index (κ2) is 6.23. The van der Waals surface area contributed by atoms with Crippen molar-refractivity contribution in [3.63, 3.8) is 0 Å². The molecule has 0 spiro atoms. The molecule has 0 aromatic heterocycles. The summed E-state index contributed by atoms with van der Waals surface area (Å²) in [6.45, 7) is 6.71. The molecule has 0 amide bonds. The number of benzene rings is 2. The van der Waals surface area contributed by atoms with Crippen LogP contribution in [0.1, 0.15) is 49.4 Å². The Balaban J connectivity index is 1.92. The van der Waals surface area contributed by atoms with Crippen molar-refractivity contribution in [2.24, 2.45) is 0 Å². The lowest BCUT2D eigenvalue weighted by Crippen LogP contribution is -2.19. The maximum Gasteiger partial charge on any atom is 0.0701 e. The van der Waals surface area contributed by atoms with Crippen molar-refractivity contribution in [3.8, 4) is 0 Å². The maximum absolute atomic E-state index is 3.57. The van der Waals surface area contributed by atoms with E-state index in [-0.39, 0.29) is 6.04 Å². The van der Waals surface area contributed by atoms with Gasteiger partial charge in [0.15, 0.2) is 0 Å². The fourth-order valence-electron chi connectivity index (χ4n) is 3.10. The van der Waals surface area contributed by atoms with Crippen LogP contribution >= 0.6 is 0 Å². The van der Waals surface area contributed by atoms with Gasteiger partial charge in [0.1, 0.15) is 0 Å². The molecule has 1 heteroatoms. The van der Waals surface area contributed by atoms with Crippen molar-refractivity contribution >= 4 is 5.57 Å². The summed E-state index contributed by atoms with van der Waals surface area (Å²) in [6.07, 6.45) is 4.50. The molecule has 112 valence electrons. The average Bonchev–Trinajstić information content (AvgIpc) is 2.55. The Bertz CT molecular complexity index is 708. The van der Waals surface area contributed by atoms with Crippen LogP contribution in [-0.4, -0.2) is 0 Å². The smallest absolute Gasteiger partial charge is 0.0701 e. The first-order valence-corrected chi connectivity index (χ1v) is 7.96. The highest BCUT2D eigenvalue weighted by Crippen LogP contribution is 2.32. The lowest BCUT2D eigenvalue weighted by molar-refractivity contribution is 0.716. The molecule has 0 aliphatic carbocycles. The zero-order chi connectivity index (χ0) is 15.5. The molecular weight excluding hydrogens is 266 g/mol. The third kappa shape index (κ3) is 2.85. The molecule has 1 nitrogen and oxygen atoms in total. The van der Waals surface area contributed by atoms with E-state index in [1.54, 1.807) is 0 Å². The van der Waals surface area contributed by atoms with E-state index in [4.69, 9.17) is 0 Å². The molecule has 2 aromatic carbocycles. The first-order chi connectivity index (χ1) is 10.7.